The molecule has 128 valence electrons. The molecule has 6 N–H and O–H groups in total. The minimum atomic E-state index is -1.17. The van der Waals surface area contributed by atoms with Gasteiger partial charge in [-0.1, -0.05) is 12.1 Å². The third-order valence-electron chi connectivity index (χ3n) is 4.26. The SMILES string of the molecule is Oc1ccc([C@@H]2[C@@H]([C@@H](O)c3ccc(O)c(O)c3)OC[C@H]2O)cc1O. The maximum absolute atomic E-state index is 10.6. The maximum Gasteiger partial charge on any atom is 0.157 e. The van der Waals surface area contributed by atoms with Gasteiger partial charge in [-0.05, 0) is 35.4 Å². The summed E-state index contributed by atoms with van der Waals surface area (Å²) in [6.07, 6.45) is -2.90. The molecule has 1 heterocycles. The van der Waals surface area contributed by atoms with Crippen LogP contribution in [0.25, 0.3) is 0 Å². The highest BCUT2D eigenvalue weighted by molar-refractivity contribution is 5.44. The lowest BCUT2D eigenvalue weighted by molar-refractivity contribution is -0.0101. The van der Waals surface area contributed by atoms with Gasteiger partial charge in [-0.15, -0.1) is 0 Å². The Kier molecular flexibility index (Phi) is 4.23. The van der Waals surface area contributed by atoms with Crippen LogP contribution in [0.1, 0.15) is 23.1 Å². The van der Waals surface area contributed by atoms with E-state index in [9.17, 15) is 30.6 Å². The van der Waals surface area contributed by atoms with Crippen molar-refractivity contribution in [3.8, 4) is 23.0 Å². The van der Waals surface area contributed by atoms with Crippen LogP contribution in [0.3, 0.4) is 0 Å². The molecule has 0 aliphatic carbocycles. The topological polar surface area (TPSA) is 131 Å². The molecule has 1 aliphatic heterocycles. The summed E-state index contributed by atoms with van der Waals surface area (Å²) in [6, 6.07) is 8.06. The van der Waals surface area contributed by atoms with E-state index in [0.717, 1.165) is 0 Å². The van der Waals surface area contributed by atoms with Gasteiger partial charge in [0.25, 0.3) is 0 Å². The Hall–Kier alpha value is -2.48. The second kappa shape index (κ2) is 6.20. The van der Waals surface area contributed by atoms with Crippen LogP contribution in [-0.2, 0) is 4.74 Å². The Morgan fingerprint density at radius 3 is 2.12 bits per heavy atom. The molecule has 0 aromatic heterocycles. The van der Waals surface area contributed by atoms with Crippen LogP contribution in [0.15, 0.2) is 36.4 Å². The summed E-state index contributed by atoms with van der Waals surface area (Å²) >= 11 is 0. The summed E-state index contributed by atoms with van der Waals surface area (Å²) in [5.41, 5.74) is 0.819. The van der Waals surface area contributed by atoms with Crippen molar-refractivity contribution >= 4 is 0 Å². The molecule has 0 saturated carbocycles. The van der Waals surface area contributed by atoms with E-state index in [-0.39, 0.29) is 29.6 Å². The van der Waals surface area contributed by atoms with Crippen LogP contribution < -0.4 is 0 Å². The Balaban J connectivity index is 1.93. The summed E-state index contributed by atoms with van der Waals surface area (Å²) in [7, 11) is 0. The first-order chi connectivity index (χ1) is 11.4. The van der Waals surface area contributed by atoms with Crippen LogP contribution in [-0.4, -0.2) is 49.5 Å². The van der Waals surface area contributed by atoms with Crippen LogP contribution >= 0.6 is 0 Å². The Labute approximate surface area is 137 Å². The summed E-state index contributed by atoms with van der Waals surface area (Å²) in [4.78, 5) is 0. The zero-order valence-electron chi connectivity index (χ0n) is 12.6. The second-order valence-electron chi connectivity index (χ2n) is 5.83. The molecule has 2 aromatic carbocycles. The largest absolute Gasteiger partial charge is 0.504 e. The van der Waals surface area contributed by atoms with Crippen molar-refractivity contribution in [1.29, 1.82) is 0 Å². The zero-order valence-corrected chi connectivity index (χ0v) is 12.6. The molecule has 0 spiro atoms. The molecule has 4 atom stereocenters. The molecule has 3 rings (SSSR count). The molecule has 0 radical (unpaired) electrons. The van der Waals surface area contributed by atoms with Gasteiger partial charge in [0.1, 0.15) is 6.10 Å². The first-order valence-corrected chi connectivity index (χ1v) is 7.40. The molecule has 0 amide bonds. The summed E-state index contributed by atoms with van der Waals surface area (Å²) in [5, 5.41) is 58.8. The molecule has 1 fully saturated rings. The number of ether oxygens (including phenoxy) is 1. The molecule has 0 bridgehead atoms. The highest BCUT2D eigenvalue weighted by Crippen LogP contribution is 2.41. The van der Waals surface area contributed by atoms with E-state index in [0.29, 0.717) is 11.1 Å². The van der Waals surface area contributed by atoms with Crippen molar-refractivity contribution in [2.24, 2.45) is 0 Å². The minimum absolute atomic E-state index is 0.00189. The third-order valence-corrected chi connectivity index (χ3v) is 4.26. The normalized spacial score (nSPS) is 24.8. The van der Waals surface area contributed by atoms with Crippen molar-refractivity contribution in [3.63, 3.8) is 0 Å². The summed E-state index contributed by atoms with van der Waals surface area (Å²) in [6.45, 7) is -0.00189. The Bertz CT molecular complexity index is 746. The number of rotatable bonds is 3. The van der Waals surface area contributed by atoms with Gasteiger partial charge in [-0.3, -0.25) is 0 Å². The number of aliphatic hydroxyl groups is 2. The Morgan fingerprint density at radius 2 is 1.50 bits per heavy atom. The second-order valence-corrected chi connectivity index (χ2v) is 5.83. The quantitative estimate of drug-likeness (QED) is 0.463. The van der Waals surface area contributed by atoms with Crippen molar-refractivity contribution in [3.05, 3.63) is 47.5 Å². The van der Waals surface area contributed by atoms with E-state index in [1.807, 2.05) is 0 Å². The highest BCUT2D eigenvalue weighted by Gasteiger charge is 2.42. The van der Waals surface area contributed by atoms with Gasteiger partial charge in [0.15, 0.2) is 23.0 Å². The molecule has 7 nitrogen and oxygen atoms in total. The first-order valence-electron chi connectivity index (χ1n) is 7.40. The van der Waals surface area contributed by atoms with Crippen LogP contribution in [0, 0.1) is 0 Å². The number of hydrogen-bond donors (Lipinski definition) is 6. The smallest absolute Gasteiger partial charge is 0.157 e. The molecule has 1 saturated heterocycles. The van der Waals surface area contributed by atoms with Crippen molar-refractivity contribution in [2.45, 2.75) is 24.2 Å². The average Bonchev–Trinajstić information content (AvgIpc) is 2.93. The number of hydrogen-bond acceptors (Lipinski definition) is 7. The maximum atomic E-state index is 10.6. The van der Waals surface area contributed by atoms with Gasteiger partial charge in [-0.25, -0.2) is 0 Å². The van der Waals surface area contributed by atoms with E-state index in [2.05, 4.69) is 0 Å². The van der Waals surface area contributed by atoms with Gasteiger partial charge < -0.3 is 35.4 Å². The van der Waals surface area contributed by atoms with E-state index in [1.54, 1.807) is 0 Å². The van der Waals surface area contributed by atoms with Crippen LogP contribution in [0.2, 0.25) is 0 Å². The van der Waals surface area contributed by atoms with Gasteiger partial charge in [0.2, 0.25) is 0 Å². The number of aromatic hydroxyl groups is 4. The third kappa shape index (κ3) is 2.84. The van der Waals surface area contributed by atoms with Crippen molar-refractivity contribution in [1.82, 2.24) is 0 Å². The standard InChI is InChI=1S/C17H18O7/c18-10-3-1-8(5-12(10)20)15-14(22)7-24-17(15)16(23)9-2-4-11(19)13(21)6-9/h1-6,14-23H,7H2/t14-,15+,16+,17+/m1/s1. The van der Waals surface area contributed by atoms with Crippen LogP contribution in [0.4, 0.5) is 0 Å². The monoisotopic (exact) mass is 334 g/mol. The van der Waals surface area contributed by atoms with E-state index < -0.39 is 24.2 Å². The molecular formula is C17H18O7. The van der Waals surface area contributed by atoms with Gasteiger partial charge >= 0.3 is 0 Å². The highest BCUT2D eigenvalue weighted by atomic mass is 16.5. The minimum Gasteiger partial charge on any atom is -0.504 e. The van der Waals surface area contributed by atoms with Gasteiger partial charge in [0, 0.05) is 5.92 Å². The van der Waals surface area contributed by atoms with E-state index in [1.165, 1.54) is 36.4 Å². The fourth-order valence-electron chi connectivity index (χ4n) is 3.00. The zero-order chi connectivity index (χ0) is 17.4. The fraction of sp³-hybridized carbons (Fsp3) is 0.294. The molecule has 2 aromatic rings. The predicted molar refractivity (Wildman–Crippen MR) is 83.0 cm³/mol. The van der Waals surface area contributed by atoms with Crippen molar-refractivity contribution < 1.29 is 35.4 Å². The molecule has 1 aliphatic rings. The van der Waals surface area contributed by atoms with Gasteiger partial charge in [-0.2, -0.15) is 0 Å². The van der Waals surface area contributed by atoms with E-state index >= 15 is 0 Å². The number of phenols is 4. The van der Waals surface area contributed by atoms with E-state index in [4.69, 9.17) is 4.74 Å². The fourth-order valence-corrected chi connectivity index (χ4v) is 3.00. The molecule has 7 heteroatoms. The lowest BCUT2D eigenvalue weighted by atomic mass is 9.86. The first kappa shape index (κ1) is 16.4. The Morgan fingerprint density at radius 1 is 0.875 bits per heavy atom. The lowest BCUT2D eigenvalue weighted by Crippen LogP contribution is -2.27. The number of phenolic OH excluding ortho intramolecular Hbond substituents is 4. The number of benzene rings is 2. The number of aliphatic hydroxyl groups excluding tert-OH is 2. The molecular weight excluding hydrogens is 316 g/mol. The van der Waals surface area contributed by atoms with Gasteiger partial charge in [0.05, 0.1) is 18.8 Å². The molecule has 0 unspecified atom stereocenters. The lowest BCUT2D eigenvalue weighted by Gasteiger charge is -2.26. The predicted octanol–water partition coefficient (Wildman–Crippen LogP) is 1.09. The van der Waals surface area contributed by atoms with Crippen LogP contribution in [0.5, 0.6) is 23.0 Å². The summed E-state index contributed by atoms with van der Waals surface area (Å²) in [5.74, 6) is -1.93. The summed E-state index contributed by atoms with van der Waals surface area (Å²) < 4.78 is 5.50. The molecule has 24 heavy (non-hydrogen) atoms. The van der Waals surface area contributed by atoms with Crippen molar-refractivity contribution in [2.75, 3.05) is 6.61 Å². The average molecular weight is 334 g/mol.